The van der Waals surface area contributed by atoms with Crippen molar-refractivity contribution in [3.05, 3.63) is 58.1 Å². The molecule has 31 heavy (non-hydrogen) atoms. The maximum absolute atomic E-state index is 12.9. The third-order valence-corrected chi connectivity index (χ3v) is 5.36. The Morgan fingerprint density at radius 2 is 1.94 bits per heavy atom. The Labute approximate surface area is 184 Å². The highest BCUT2D eigenvalue weighted by Crippen LogP contribution is 2.33. The van der Waals surface area contributed by atoms with Crippen molar-refractivity contribution < 1.29 is 27.6 Å². The number of hydrogen-bond donors (Lipinski definition) is 2. The van der Waals surface area contributed by atoms with Crippen LogP contribution in [0, 0.1) is 12.8 Å². The Balaban J connectivity index is 1.57. The van der Waals surface area contributed by atoms with Crippen molar-refractivity contribution in [1.82, 2.24) is 5.32 Å². The molecule has 2 aromatic rings. The van der Waals surface area contributed by atoms with E-state index >= 15 is 0 Å². The first-order chi connectivity index (χ1) is 14.5. The third kappa shape index (κ3) is 5.63. The van der Waals surface area contributed by atoms with Gasteiger partial charge in [0.15, 0.2) is 0 Å². The van der Waals surface area contributed by atoms with E-state index in [-0.39, 0.29) is 25.2 Å². The van der Waals surface area contributed by atoms with Gasteiger partial charge in [-0.2, -0.15) is 13.2 Å². The van der Waals surface area contributed by atoms with Crippen LogP contribution in [0.2, 0.25) is 0 Å². The number of nitrogens with zero attached hydrogens (tertiary/aromatic N) is 1. The first kappa shape index (κ1) is 22.8. The van der Waals surface area contributed by atoms with Gasteiger partial charge in [0.2, 0.25) is 17.7 Å². The summed E-state index contributed by atoms with van der Waals surface area (Å²) in [6.07, 6.45) is -4.67. The number of hydrogen-bond acceptors (Lipinski definition) is 3. The summed E-state index contributed by atoms with van der Waals surface area (Å²) in [5.74, 6) is -2.15. The van der Waals surface area contributed by atoms with Crippen LogP contribution in [0.25, 0.3) is 0 Å². The fraction of sp³-hybridized carbons (Fsp3) is 0.286. The lowest BCUT2D eigenvalue weighted by molar-refractivity contribution is -0.137. The zero-order valence-electron chi connectivity index (χ0n) is 16.4. The quantitative estimate of drug-likeness (QED) is 0.657. The largest absolute Gasteiger partial charge is 0.416 e. The van der Waals surface area contributed by atoms with Gasteiger partial charge in [-0.1, -0.05) is 22.0 Å². The van der Waals surface area contributed by atoms with E-state index in [9.17, 15) is 27.6 Å². The van der Waals surface area contributed by atoms with Gasteiger partial charge in [-0.25, -0.2) is 0 Å². The van der Waals surface area contributed by atoms with Gasteiger partial charge in [0.25, 0.3) is 0 Å². The minimum Gasteiger partial charge on any atom is -0.347 e. The number of benzene rings is 2. The molecule has 0 aliphatic carbocycles. The second-order valence-electron chi connectivity index (χ2n) is 7.18. The summed E-state index contributed by atoms with van der Waals surface area (Å²) < 4.78 is 39.6. The minimum atomic E-state index is -4.53. The maximum Gasteiger partial charge on any atom is 0.416 e. The van der Waals surface area contributed by atoms with E-state index in [1.54, 1.807) is 12.1 Å². The van der Waals surface area contributed by atoms with Crippen LogP contribution in [0.5, 0.6) is 0 Å². The Kier molecular flexibility index (Phi) is 6.68. The third-order valence-electron chi connectivity index (χ3n) is 4.87. The topological polar surface area (TPSA) is 78.5 Å². The number of carbonyl (C=O) groups excluding carboxylic acids is 3. The summed E-state index contributed by atoms with van der Waals surface area (Å²) in [5.41, 5.74) is 0.658. The van der Waals surface area contributed by atoms with E-state index in [1.807, 2.05) is 13.0 Å². The lowest BCUT2D eigenvalue weighted by Crippen LogP contribution is -2.38. The Morgan fingerprint density at radius 1 is 1.19 bits per heavy atom. The van der Waals surface area contributed by atoms with Crippen molar-refractivity contribution in [2.75, 3.05) is 23.3 Å². The number of nitrogens with one attached hydrogen (secondary N) is 2. The lowest BCUT2D eigenvalue weighted by atomic mass is 10.1. The highest BCUT2D eigenvalue weighted by atomic mass is 79.9. The molecule has 0 unspecified atom stereocenters. The van der Waals surface area contributed by atoms with Crippen LogP contribution in [-0.4, -0.2) is 30.8 Å². The van der Waals surface area contributed by atoms with E-state index in [0.717, 1.165) is 27.1 Å². The van der Waals surface area contributed by atoms with Gasteiger partial charge < -0.3 is 15.5 Å². The van der Waals surface area contributed by atoms with Gasteiger partial charge in [0.1, 0.15) is 0 Å². The zero-order chi connectivity index (χ0) is 22.8. The van der Waals surface area contributed by atoms with E-state index in [0.29, 0.717) is 5.69 Å². The average molecular weight is 498 g/mol. The van der Waals surface area contributed by atoms with Crippen molar-refractivity contribution in [3.63, 3.8) is 0 Å². The van der Waals surface area contributed by atoms with E-state index in [2.05, 4.69) is 26.6 Å². The minimum absolute atomic E-state index is 0.0561. The molecule has 1 aliphatic heterocycles. The van der Waals surface area contributed by atoms with Crippen LogP contribution in [-0.2, 0) is 20.6 Å². The molecule has 2 aromatic carbocycles. The predicted molar refractivity (Wildman–Crippen MR) is 112 cm³/mol. The standard InChI is InChI=1S/C21H19BrF3N3O3/c1-12-7-15(22)5-6-17(12)27-18(29)10-26-20(31)13-8-19(30)28(11-13)16-4-2-3-14(9-16)21(23,24)25/h2-7,9,13H,8,10-11H2,1H3,(H,26,31)(H,27,29)/t13-/m0/s1. The first-order valence-corrected chi connectivity index (χ1v) is 10.1. The summed E-state index contributed by atoms with van der Waals surface area (Å²) in [6, 6.07) is 9.73. The number of anilines is 2. The molecule has 0 bridgehead atoms. The molecule has 0 radical (unpaired) electrons. The van der Waals surface area contributed by atoms with Gasteiger partial charge in [-0.3, -0.25) is 14.4 Å². The number of carbonyl (C=O) groups is 3. The zero-order valence-corrected chi connectivity index (χ0v) is 18.0. The molecule has 164 valence electrons. The highest BCUT2D eigenvalue weighted by Gasteiger charge is 2.37. The Hall–Kier alpha value is -2.88. The molecule has 1 aliphatic rings. The SMILES string of the molecule is Cc1cc(Br)ccc1NC(=O)CNC(=O)[C@H]1CC(=O)N(c2cccc(C(F)(F)F)c2)C1. The molecule has 0 saturated carbocycles. The lowest BCUT2D eigenvalue weighted by Gasteiger charge is -2.18. The van der Waals surface area contributed by atoms with Crippen LogP contribution in [0.4, 0.5) is 24.5 Å². The smallest absolute Gasteiger partial charge is 0.347 e. The molecule has 1 saturated heterocycles. The second kappa shape index (κ2) is 9.09. The van der Waals surface area contributed by atoms with E-state index in [4.69, 9.17) is 0 Å². The Morgan fingerprint density at radius 3 is 2.61 bits per heavy atom. The van der Waals surface area contributed by atoms with Gasteiger partial charge in [-0.15, -0.1) is 0 Å². The molecule has 1 heterocycles. The number of halogens is 4. The van der Waals surface area contributed by atoms with Crippen LogP contribution in [0.15, 0.2) is 46.9 Å². The second-order valence-corrected chi connectivity index (χ2v) is 8.09. The van der Waals surface area contributed by atoms with Crippen LogP contribution in [0.3, 0.4) is 0 Å². The molecule has 6 nitrogen and oxygen atoms in total. The fourth-order valence-electron chi connectivity index (χ4n) is 3.26. The number of aryl methyl sites for hydroxylation is 1. The van der Waals surface area contributed by atoms with Gasteiger partial charge in [-0.05, 0) is 48.9 Å². The van der Waals surface area contributed by atoms with E-state index in [1.165, 1.54) is 12.1 Å². The number of rotatable bonds is 5. The highest BCUT2D eigenvalue weighted by molar-refractivity contribution is 9.10. The number of amides is 3. The Bertz CT molecular complexity index is 1030. The average Bonchev–Trinajstić information content (AvgIpc) is 3.09. The van der Waals surface area contributed by atoms with Crippen LogP contribution in [0.1, 0.15) is 17.5 Å². The number of alkyl halides is 3. The van der Waals surface area contributed by atoms with Crippen LogP contribution < -0.4 is 15.5 Å². The van der Waals surface area contributed by atoms with Gasteiger partial charge in [0.05, 0.1) is 18.0 Å². The molecule has 0 aromatic heterocycles. The molecule has 1 atom stereocenters. The van der Waals surface area contributed by atoms with Crippen molar-refractivity contribution in [1.29, 1.82) is 0 Å². The molecule has 10 heteroatoms. The van der Waals surface area contributed by atoms with Crippen molar-refractivity contribution >= 4 is 45.0 Å². The van der Waals surface area contributed by atoms with E-state index < -0.39 is 35.4 Å². The normalized spacial score (nSPS) is 16.4. The molecule has 3 amide bonds. The monoisotopic (exact) mass is 497 g/mol. The molecular formula is C21H19BrF3N3O3. The predicted octanol–water partition coefficient (Wildman–Crippen LogP) is 3.88. The molecular weight excluding hydrogens is 479 g/mol. The molecule has 0 spiro atoms. The molecule has 1 fully saturated rings. The maximum atomic E-state index is 12.9. The van der Waals surface area contributed by atoms with Gasteiger partial charge in [0, 0.05) is 28.8 Å². The first-order valence-electron chi connectivity index (χ1n) is 9.36. The van der Waals surface area contributed by atoms with Crippen molar-refractivity contribution in [3.8, 4) is 0 Å². The molecule has 3 rings (SSSR count). The summed E-state index contributed by atoms with van der Waals surface area (Å²) in [4.78, 5) is 38.0. The van der Waals surface area contributed by atoms with Crippen molar-refractivity contribution in [2.45, 2.75) is 19.5 Å². The summed E-state index contributed by atoms with van der Waals surface area (Å²) in [7, 11) is 0. The van der Waals surface area contributed by atoms with Crippen LogP contribution >= 0.6 is 15.9 Å². The molecule has 2 N–H and O–H groups in total. The van der Waals surface area contributed by atoms with Gasteiger partial charge >= 0.3 is 6.18 Å². The van der Waals surface area contributed by atoms with Crippen molar-refractivity contribution in [2.24, 2.45) is 5.92 Å². The summed E-state index contributed by atoms with van der Waals surface area (Å²) in [6.45, 7) is 1.48. The summed E-state index contributed by atoms with van der Waals surface area (Å²) >= 11 is 3.33. The summed E-state index contributed by atoms with van der Waals surface area (Å²) in [5, 5.41) is 5.17. The fourth-order valence-corrected chi connectivity index (χ4v) is 3.73.